The van der Waals surface area contributed by atoms with Crippen molar-refractivity contribution >= 4 is 22.6 Å². The Morgan fingerprint density at radius 3 is 2.56 bits per heavy atom. The third-order valence-corrected chi connectivity index (χ3v) is 2.80. The molecule has 0 aliphatic heterocycles. The number of rotatable bonds is 1. The molecule has 0 bridgehead atoms. The first-order valence-corrected chi connectivity index (χ1v) is 5.41. The molecule has 16 heavy (non-hydrogen) atoms. The molecule has 0 fully saturated rings. The summed E-state index contributed by atoms with van der Waals surface area (Å²) < 4.78 is 0. The summed E-state index contributed by atoms with van der Waals surface area (Å²) in [5, 5.41) is 1.86. The van der Waals surface area contributed by atoms with Gasteiger partial charge >= 0.3 is 0 Å². The first-order chi connectivity index (χ1) is 7.83. The van der Waals surface area contributed by atoms with Crippen LogP contribution in [0.15, 0.2) is 48.7 Å². The Hall–Kier alpha value is -1.80. The Kier molecular flexibility index (Phi) is 2.15. The average Bonchev–Trinajstić information content (AvgIpc) is 2.77. The minimum atomic E-state index is 0.740. The van der Waals surface area contributed by atoms with E-state index in [0.717, 1.165) is 27.3 Å². The first kappa shape index (κ1) is 9.43. The van der Waals surface area contributed by atoms with E-state index in [1.165, 1.54) is 0 Å². The number of pyridine rings is 1. The molecule has 2 aromatic heterocycles. The van der Waals surface area contributed by atoms with E-state index in [1.807, 2.05) is 42.6 Å². The fourth-order valence-corrected chi connectivity index (χ4v) is 1.84. The van der Waals surface area contributed by atoms with E-state index in [2.05, 4.69) is 16.0 Å². The Morgan fingerprint density at radius 2 is 1.75 bits per heavy atom. The van der Waals surface area contributed by atoms with Crippen LogP contribution in [0.4, 0.5) is 0 Å². The Bertz CT molecular complexity index is 626. The molecule has 3 heteroatoms. The van der Waals surface area contributed by atoms with Crippen molar-refractivity contribution in [1.29, 1.82) is 0 Å². The van der Waals surface area contributed by atoms with Crippen molar-refractivity contribution in [2.24, 2.45) is 0 Å². The second-order valence-electron chi connectivity index (χ2n) is 3.62. The molecule has 3 rings (SSSR count). The number of nitrogens with zero attached hydrogens (tertiary/aromatic N) is 1. The average molecular weight is 229 g/mol. The predicted octanol–water partition coefficient (Wildman–Crippen LogP) is 3.88. The molecule has 0 spiro atoms. The number of benzene rings is 1. The van der Waals surface area contributed by atoms with Crippen LogP contribution in [0.1, 0.15) is 0 Å². The molecule has 0 aliphatic rings. The van der Waals surface area contributed by atoms with E-state index in [-0.39, 0.29) is 0 Å². The molecule has 0 unspecified atom stereocenters. The van der Waals surface area contributed by atoms with Gasteiger partial charge in [-0.3, -0.25) is 0 Å². The van der Waals surface area contributed by atoms with E-state index < -0.39 is 0 Å². The van der Waals surface area contributed by atoms with Crippen LogP contribution in [0.5, 0.6) is 0 Å². The zero-order chi connectivity index (χ0) is 11.0. The molecule has 0 atom stereocenters. The highest BCUT2D eigenvalue weighted by Gasteiger charge is 2.01. The second kappa shape index (κ2) is 3.65. The van der Waals surface area contributed by atoms with Gasteiger partial charge < -0.3 is 4.98 Å². The van der Waals surface area contributed by atoms with Crippen LogP contribution in [0.25, 0.3) is 22.3 Å². The van der Waals surface area contributed by atoms with Gasteiger partial charge in [0.25, 0.3) is 0 Å². The normalized spacial score (nSPS) is 10.8. The van der Waals surface area contributed by atoms with Crippen LogP contribution in [0.2, 0.25) is 5.02 Å². The molecule has 0 radical (unpaired) electrons. The van der Waals surface area contributed by atoms with E-state index in [1.54, 1.807) is 0 Å². The van der Waals surface area contributed by atoms with E-state index in [0.29, 0.717) is 0 Å². The van der Waals surface area contributed by atoms with Crippen molar-refractivity contribution in [3.63, 3.8) is 0 Å². The Labute approximate surface area is 97.9 Å². The number of hydrogen-bond donors (Lipinski definition) is 1. The van der Waals surface area contributed by atoms with Gasteiger partial charge in [0, 0.05) is 22.2 Å². The maximum Gasteiger partial charge on any atom is 0.137 e. The van der Waals surface area contributed by atoms with E-state index in [4.69, 9.17) is 11.6 Å². The van der Waals surface area contributed by atoms with Gasteiger partial charge in [0.05, 0.1) is 5.69 Å². The molecule has 0 amide bonds. The van der Waals surface area contributed by atoms with Crippen LogP contribution in [-0.2, 0) is 0 Å². The number of aromatic nitrogens is 2. The number of aromatic amines is 1. The highest BCUT2D eigenvalue weighted by atomic mass is 35.5. The number of halogens is 1. The SMILES string of the molecule is Clc1ccc(-c2ccc3cc[nH]c3n2)cc1. The van der Waals surface area contributed by atoms with Gasteiger partial charge in [-0.25, -0.2) is 4.98 Å². The molecule has 3 aromatic rings. The molecule has 0 saturated heterocycles. The predicted molar refractivity (Wildman–Crippen MR) is 66.5 cm³/mol. The summed E-state index contributed by atoms with van der Waals surface area (Å²) in [4.78, 5) is 7.64. The van der Waals surface area contributed by atoms with Gasteiger partial charge in [-0.15, -0.1) is 0 Å². The lowest BCUT2D eigenvalue weighted by molar-refractivity contribution is 1.32. The summed E-state index contributed by atoms with van der Waals surface area (Å²) in [6.45, 7) is 0. The van der Waals surface area contributed by atoms with Crippen molar-refractivity contribution in [2.45, 2.75) is 0 Å². The zero-order valence-electron chi connectivity index (χ0n) is 8.44. The molecular weight excluding hydrogens is 220 g/mol. The third-order valence-electron chi connectivity index (χ3n) is 2.55. The van der Waals surface area contributed by atoms with Crippen LogP contribution in [0, 0.1) is 0 Å². The van der Waals surface area contributed by atoms with E-state index in [9.17, 15) is 0 Å². The van der Waals surface area contributed by atoms with Crippen molar-refractivity contribution in [2.75, 3.05) is 0 Å². The molecule has 1 aromatic carbocycles. The summed E-state index contributed by atoms with van der Waals surface area (Å²) in [6, 6.07) is 13.8. The van der Waals surface area contributed by atoms with Gasteiger partial charge in [0.15, 0.2) is 0 Å². The summed E-state index contributed by atoms with van der Waals surface area (Å²) in [7, 11) is 0. The lowest BCUT2D eigenvalue weighted by Crippen LogP contribution is -1.83. The lowest BCUT2D eigenvalue weighted by Gasteiger charge is -2.00. The fraction of sp³-hybridized carbons (Fsp3) is 0. The largest absolute Gasteiger partial charge is 0.346 e. The van der Waals surface area contributed by atoms with E-state index >= 15 is 0 Å². The molecule has 78 valence electrons. The first-order valence-electron chi connectivity index (χ1n) is 5.03. The number of fused-ring (bicyclic) bond motifs is 1. The van der Waals surface area contributed by atoms with Crippen molar-refractivity contribution in [3.05, 3.63) is 53.7 Å². The van der Waals surface area contributed by atoms with Gasteiger partial charge in [-0.2, -0.15) is 0 Å². The van der Waals surface area contributed by atoms with Crippen LogP contribution in [0.3, 0.4) is 0 Å². The number of hydrogen-bond acceptors (Lipinski definition) is 1. The molecule has 1 N–H and O–H groups in total. The molecule has 2 nitrogen and oxygen atoms in total. The second-order valence-corrected chi connectivity index (χ2v) is 4.06. The molecule has 0 saturated carbocycles. The van der Waals surface area contributed by atoms with Crippen LogP contribution >= 0.6 is 11.6 Å². The summed E-state index contributed by atoms with van der Waals surface area (Å²) in [6.07, 6.45) is 1.89. The number of H-pyrrole nitrogens is 1. The van der Waals surface area contributed by atoms with Crippen LogP contribution < -0.4 is 0 Å². The fourth-order valence-electron chi connectivity index (χ4n) is 1.71. The third kappa shape index (κ3) is 1.57. The summed E-state index contributed by atoms with van der Waals surface area (Å²) in [5.74, 6) is 0. The standard InChI is InChI=1S/C13H9ClN2/c14-11-4-1-9(2-5-11)12-6-3-10-7-8-15-13(10)16-12/h1-8H,(H,15,16). The van der Waals surface area contributed by atoms with Crippen molar-refractivity contribution in [3.8, 4) is 11.3 Å². The van der Waals surface area contributed by atoms with Gasteiger partial charge in [-0.1, -0.05) is 23.7 Å². The maximum atomic E-state index is 5.85. The maximum absolute atomic E-state index is 5.85. The highest BCUT2D eigenvalue weighted by Crippen LogP contribution is 2.21. The van der Waals surface area contributed by atoms with Crippen molar-refractivity contribution < 1.29 is 0 Å². The Morgan fingerprint density at radius 1 is 0.938 bits per heavy atom. The van der Waals surface area contributed by atoms with Gasteiger partial charge in [-0.05, 0) is 30.3 Å². The Balaban J connectivity index is 2.14. The smallest absolute Gasteiger partial charge is 0.137 e. The van der Waals surface area contributed by atoms with Gasteiger partial charge in [0.1, 0.15) is 5.65 Å². The highest BCUT2D eigenvalue weighted by molar-refractivity contribution is 6.30. The monoisotopic (exact) mass is 228 g/mol. The topological polar surface area (TPSA) is 28.7 Å². The van der Waals surface area contributed by atoms with Gasteiger partial charge in [0.2, 0.25) is 0 Å². The molecule has 2 heterocycles. The quantitative estimate of drug-likeness (QED) is 0.673. The minimum Gasteiger partial charge on any atom is -0.346 e. The molecule has 0 aliphatic carbocycles. The summed E-state index contributed by atoms with van der Waals surface area (Å²) >= 11 is 5.85. The number of nitrogens with one attached hydrogen (secondary N) is 1. The lowest BCUT2D eigenvalue weighted by atomic mass is 10.1. The van der Waals surface area contributed by atoms with Crippen LogP contribution in [-0.4, -0.2) is 9.97 Å². The minimum absolute atomic E-state index is 0.740. The summed E-state index contributed by atoms with van der Waals surface area (Å²) in [5.41, 5.74) is 2.93. The molecular formula is C13H9ClN2. The zero-order valence-corrected chi connectivity index (χ0v) is 9.20. The van der Waals surface area contributed by atoms with Crippen molar-refractivity contribution in [1.82, 2.24) is 9.97 Å².